The van der Waals surface area contributed by atoms with Crippen molar-refractivity contribution in [2.45, 2.75) is 30.7 Å². The van der Waals surface area contributed by atoms with Crippen LogP contribution in [0, 0.1) is 6.92 Å². The second-order valence-electron chi connectivity index (χ2n) is 8.48. The van der Waals surface area contributed by atoms with Gasteiger partial charge >= 0.3 is 0 Å². The molecule has 178 valence electrons. The van der Waals surface area contributed by atoms with Gasteiger partial charge in [-0.1, -0.05) is 41.6 Å². The molecule has 9 heteroatoms. The first-order valence-corrected chi connectivity index (χ1v) is 12.4. The molecule has 0 N–H and O–H groups in total. The van der Waals surface area contributed by atoms with Gasteiger partial charge in [0.05, 0.1) is 26.1 Å². The van der Waals surface area contributed by atoms with Crippen LogP contribution in [0.5, 0.6) is 5.75 Å². The summed E-state index contributed by atoms with van der Waals surface area (Å²) in [5.74, 6) is 1.39. The topological polar surface area (TPSA) is 78.7 Å². The van der Waals surface area contributed by atoms with Crippen molar-refractivity contribution in [3.05, 3.63) is 54.1 Å². The number of hydrogen-bond donors (Lipinski definition) is 0. The van der Waals surface area contributed by atoms with Gasteiger partial charge in [-0.15, -0.1) is 10.2 Å². The second-order valence-corrected chi connectivity index (χ2v) is 9.43. The number of hydrogen-bond acceptors (Lipinski definition) is 7. The van der Waals surface area contributed by atoms with E-state index in [-0.39, 0.29) is 11.7 Å². The van der Waals surface area contributed by atoms with Crippen LogP contribution >= 0.6 is 11.8 Å². The molecule has 0 radical (unpaired) electrons. The third-order valence-electron chi connectivity index (χ3n) is 6.29. The highest BCUT2D eigenvalue weighted by Crippen LogP contribution is 2.32. The number of piperidine rings is 1. The van der Waals surface area contributed by atoms with Gasteiger partial charge in [0.25, 0.3) is 0 Å². The highest BCUT2D eigenvalue weighted by Gasteiger charge is 2.40. The minimum Gasteiger partial charge on any atom is -0.497 e. The Labute approximate surface area is 203 Å². The number of thioether (sulfide) groups is 1. The van der Waals surface area contributed by atoms with Crippen LogP contribution in [0.2, 0.25) is 0 Å². The molecular formula is C25H28N4O4S. The first kappa shape index (κ1) is 22.9. The van der Waals surface area contributed by atoms with Gasteiger partial charge in [0.2, 0.25) is 5.91 Å². The average Bonchev–Trinajstić information content (AvgIpc) is 3.51. The molecule has 0 saturated carbocycles. The number of rotatable bonds is 6. The predicted octanol–water partition coefficient (Wildman–Crippen LogP) is 3.71. The summed E-state index contributed by atoms with van der Waals surface area (Å²) < 4.78 is 18.9. The Hall–Kier alpha value is -2.88. The molecule has 0 bridgehead atoms. The Kier molecular flexibility index (Phi) is 6.58. The van der Waals surface area contributed by atoms with Gasteiger partial charge in [0.15, 0.2) is 16.8 Å². The van der Waals surface area contributed by atoms with Crippen molar-refractivity contribution in [3.8, 4) is 22.8 Å². The van der Waals surface area contributed by atoms with Crippen LogP contribution < -0.4 is 4.74 Å². The molecular weight excluding hydrogens is 452 g/mol. The highest BCUT2D eigenvalue weighted by atomic mass is 32.2. The minimum atomic E-state index is -0.485. The van der Waals surface area contributed by atoms with E-state index in [2.05, 4.69) is 29.3 Å². The summed E-state index contributed by atoms with van der Waals surface area (Å²) in [6.45, 7) is 4.60. The van der Waals surface area contributed by atoms with E-state index in [1.54, 1.807) is 7.11 Å². The maximum atomic E-state index is 13.0. The summed E-state index contributed by atoms with van der Waals surface area (Å²) >= 11 is 1.40. The number of likely N-dealkylation sites (tertiary alicyclic amines) is 1. The summed E-state index contributed by atoms with van der Waals surface area (Å²) in [6, 6.07) is 15.9. The van der Waals surface area contributed by atoms with Crippen molar-refractivity contribution in [1.82, 2.24) is 19.7 Å². The molecule has 3 heterocycles. The van der Waals surface area contributed by atoms with Gasteiger partial charge in [-0.2, -0.15) is 0 Å². The summed E-state index contributed by atoms with van der Waals surface area (Å²) in [5, 5.41) is 9.59. The van der Waals surface area contributed by atoms with Gasteiger partial charge in [0.1, 0.15) is 5.75 Å². The molecule has 2 saturated heterocycles. The fourth-order valence-corrected chi connectivity index (χ4v) is 5.17. The number of aryl methyl sites for hydroxylation is 1. The van der Waals surface area contributed by atoms with Crippen molar-refractivity contribution in [1.29, 1.82) is 0 Å². The van der Waals surface area contributed by atoms with Gasteiger partial charge in [-0.05, 0) is 31.2 Å². The smallest absolute Gasteiger partial charge is 0.233 e. The quantitative estimate of drug-likeness (QED) is 0.498. The Morgan fingerprint density at radius 1 is 1.03 bits per heavy atom. The molecule has 2 aromatic carbocycles. The van der Waals surface area contributed by atoms with Gasteiger partial charge < -0.3 is 19.1 Å². The summed E-state index contributed by atoms with van der Waals surface area (Å²) in [5.41, 5.74) is 3.05. The van der Waals surface area contributed by atoms with Crippen LogP contribution in [0.4, 0.5) is 0 Å². The number of nitrogens with zero attached hydrogens (tertiary/aromatic N) is 4. The minimum absolute atomic E-state index is 0.0824. The molecule has 1 amide bonds. The number of methoxy groups -OCH3 is 1. The number of aromatic nitrogens is 3. The van der Waals surface area contributed by atoms with Crippen molar-refractivity contribution in [2.75, 3.05) is 39.2 Å². The fraction of sp³-hybridized carbons (Fsp3) is 0.400. The number of carbonyl (C=O) groups is 1. The first-order chi connectivity index (χ1) is 16.6. The number of amides is 1. The zero-order chi connectivity index (χ0) is 23.5. The van der Waals surface area contributed by atoms with Crippen molar-refractivity contribution in [3.63, 3.8) is 0 Å². The highest BCUT2D eigenvalue weighted by molar-refractivity contribution is 7.99. The van der Waals surface area contributed by atoms with Gasteiger partial charge in [-0.25, -0.2) is 0 Å². The first-order valence-electron chi connectivity index (χ1n) is 11.4. The second kappa shape index (κ2) is 9.77. The number of carbonyl (C=O) groups excluding carboxylic acids is 1. The Morgan fingerprint density at radius 3 is 2.35 bits per heavy atom. The third kappa shape index (κ3) is 4.68. The van der Waals surface area contributed by atoms with Crippen LogP contribution in [-0.4, -0.2) is 70.5 Å². The molecule has 1 aromatic heterocycles. The normalized spacial score (nSPS) is 17.3. The molecule has 8 nitrogen and oxygen atoms in total. The molecule has 2 aliphatic rings. The van der Waals surface area contributed by atoms with E-state index in [0.29, 0.717) is 44.3 Å². The summed E-state index contributed by atoms with van der Waals surface area (Å²) in [7, 11) is 1.64. The lowest BCUT2D eigenvalue weighted by Gasteiger charge is -2.37. The molecule has 0 aliphatic carbocycles. The van der Waals surface area contributed by atoms with E-state index >= 15 is 0 Å². The SMILES string of the molecule is COc1ccc(-n2c(SCC(=O)N3CCC4(CC3)OCCO4)nnc2-c2ccc(C)cc2)cc1. The lowest BCUT2D eigenvalue weighted by molar-refractivity contribution is -0.186. The zero-order valence-corrected chi connectivity index (χ0v) is 20.2. The predicted molar refractivity (Wildman–Crippen MR) is 129 cm³/mol. The molecule has 2 aliphatic heterocycles. The molecule has 5 rings (SSSR count). The van der Waals surface area contributed by atoms with Crippen molar-refractivity contribution < 1.29 is 19.0 Å². The van der Waals surface area contributed by atoms with Crippen LogP contribution in [0.15, 0.2) is 53.7 Å². The molecule has 34 heavy (non-hydrogen) atoms. The molecule has 0 unspecified atom stereocenters. The maximum absolute atomic E-state index is 13.0. The van der Waals surface area contributed by atoms with Crippen molar-refractivity contribution >= 4 is 17.7 Å². The van der Waals surface area contributed by atoms with Crippen LogP contribution in [0.25, 0.3) is 17.1 Å². The average molecular weight is 481 g/mol. The monoisotopic (exact) mass is 480 g/mol. The van der Waals surface area contributed by atoms with Crippen LogP contribution in [-0.2, 0) is 14.3 Å². The Morgan fingerprint density at radius 2 is 1.71 bits per heavy atom. The van der Waals surface area contributed by atoms with Gasteiger partial charge in [0, 0.05) is 37.2 Å². The third-order valence-corrected chi connectivity index (χ3v) is 7.20. The van der Waals surface area contributed by atoms with Crippen LogP contribution in [0.1, 0.15) is 18.4 Å². The van der Waals surface area contributed by atoms with Crippen molar-refractivity contribution in [2.24, 2.45) is 0 Å². The molecule has 0 atom stereocenters. The number of ether oxygens (including phenoxy) is 3. The summed E-state index contributed by atoms with van der Waals surface area (Å²) in [4.78, 5) is 14.9. The fourth-order valence-electron chi connectivity index (χ4n) is 4.32. The maximum Gasteiger partial charge on any atom is 0.233 e. The number of benzene rings is 2. The van der Waals surface area contributed by atoms with Crippen LogP contribution in [0.3, 0.4) is 0 Å². The van der Waals surface area contributed by atoms with E-state index in [9.17, 15) is 4.79 Å². The van der Waals surface area contributed by atoms with E-state index in [0.717, 1.165) is 22.8 Å². The van der Waals surface area contributed by atoms with E-state index in [1.807, 2.05) is 45.9 Å². The summed E-state index contributed by atoms with van der Waals surface area (Å²) in [6.07, 6.45) is 1.42. The van der Waals surface area contributed by atoms with E-state index in [1.165, 1.54) is 17.3 Å². The molecule has 2 fully saturated rings. The Balaban J connectivity index is 1.34. The van der Waals surface area contributed by atoms with E-state index in [4.69, 9.17) is 14.2 Å². The lowest BCUT2D eigenvalue weighted by atomic mass is 10.0. The standard InChI is InChI=1S/C25H28N4O4S/c1-18-3-5-19(6-4-18)23-26-27-24(29(23)20-7-9-21(31-2)10-8-20)34-17-22(30)28-13-11-25(12-14-28)32-15-16-33-25/h3-10H,11-17H2,1-2H3. The molecule has 3 aromatic rings. The largest absolute Gasteiger partial charge is 0.497 e. The zero-order valence-electron chi connectivity index (χ0n) is 19.4. The van der Waals surface area contributed by atoms with Gasteiger partial charge in [-0.3, -0.25) is 9.36 Å². The van der Waals surface area contributed by atoms with E-state index < -0.39 is 5.79 Å². The molecule has 1 spiro atoms. The Bertz CT molecular complexity index is 1130. The lowest BCUT2D eigenvalue weighted by Crippen LogP contribution is -2.47.